The van der Waals surface area contributed by atoms with Gasteiger partial charge in [0.2, 0.25) is 11.8 Å². The summed E-state index contributed by atoms with van der Waals surface area (Å²) in [5.74, 6) is 0. The molecule has 0 aromatic carbocycles. The molecule has 0 aliphatic rings. The smallest absolute Gasteiger partial charge is 0.207 e. The molecule has 0 aromatic heterocycles. The third kappa shape index (κ3) is 3.47. The van der Waals surface area contributed by atoms with Crippen molar-refractivity contribution in [2.45, 2.75) is 0 Å². The quantitative estimate of drug-likeness (QED) is 0.323. The monoisotopic (exact) mass is 147 g/mol. The zero-order valence-corrected chi connectivity index (χ0v) is 5.28. The molecule has 0 atom stereocenters. The van der Waals surface area contributed by atoms with Crippen LogP contribution < -0.4 is 0 Å². The molecule has 0 rings (SSSR count). The maximum atomic E-state index is 9.36. The summed E-state index contributed by atoms with van der Waals surface area (Å²) in [6, 6.07) is 0. The first-order valence-electron chi connectivity index (χ1n) is 1.44. The standard InChI is InChI=1S/C2N2O2PS/c5-1-3-7(8)4-2-6/q+1. The average molecular weight is 147 g/mol. The molecule has 0 N–H and O–H groups in total. The highest BCUT2D eigenvalue weighted by molar-refractivity contribution is 8.04. The third-order valence-corrected chi connectivity index (χ3v) is 1.25. The SMILES string of the molecule is O=C=N[P+](=S)N=C=O. The summed E-state index contributed by atoms with van der Waals surface area (Å²) in [4.78, 5) is 18.7. The molecule has 0 aliphatic heterocycles. The molecule has 0 fully saturated rings. The van der Waals surface area contributed by atoms with Gasteiger partial charge >= 0.3 is 7.00 Å². The lowest BCUT2D eigenvalue weighted by Gasteiger charge is -1.48. The molecule has 0 unspecified atom stereocenters. The summed E-state index contributed by atoms with van der Waals surface area (Å²) in [6.07, 6.45) is 2.36. The first-order chi connectivity index (χ1) is 3.81. The second-order valence-electron chi connectivity index (χ2n) is 0.635. The molecule has 0 aromatic rings. The van der Waals surface area contributed by atoms with Gasteiger partial charge in [0.05, 0.1) is 9.53 Å². The molecule has 0 heterocycles. The van der Waals surface area contributed by atoms with E-state index in [4.69, 9.17) is 0 Å². The minimum absolute atomic E-state index is 1.18. The molecule has 0 aliphatic carbocycles. The van der Waals surface area contributed by atoms with E-state index in [9.17, 15) is 9.59 Å². The van der Waals surface area contributed by atoms with Crippen molar-refractivity contribution in [2.75, 3.05) is 0 Å². The lowest BCUT2D eigenvalue weighted by molar-refractivity contribution is 0.566. The van der Waals surface area contributed by atoms with Crippen molar-refractivity contribution in [2.24, 2.45) is 9.53 Å². The van der Waals surface area contributed by atoms with E-state index in [0.29, 0.717) is 0 Å². The fourth-order valence-corrected chi connectivity index (χ4v) is 0.477. The Hall–Kier alpha value is -0.720. The van der Waals surface area contributed by atoms with Crippen molar-refractivity contribution >= 4 is 31.0 Å². The van der Waals surface area contributed by atoms with Gasteiger partial charge in [0, 0.05) is 0 Å². The van der Waals surface area contributed by atoms with Crippen molar-refractivity contribution in [3.63, 3.8) is 0 Å². The molecule has 4 nitrogen and oxygen atoms in total. The number of isocyanates is 2. The van der Waals surface area contributed by atoms with E-state index in [0.717, 1.165) is 0 Å². The van der Waals surface area contributed by atoms with E-state index in [-0.39, 0.29) is 0 Å². The largest absolute Gasteiger partial charge is 0.494 e. The van der Waals surface area contributed by atoms with Crippen LogP contribution >= 0.6 is 7.00 Å². The van der Waals surface area contributed by atoms with Crippen molar-refractivity contribution in [1.82, 2.24) is 0 Å². The van der Waals surface area contributed by atoms with Crippen LogP contribution in [0.3, 0.4) is 0 Å². The molecule has 0 amide bonds. The number of rotatable bonds is 2. The van der Waals surface area contributed by atoms with Crippen LogP contribution in [-0.2, 0) is 21.4 Å². The minimum atomic E-state index is -1.59. The Kier molecular flexibility index (Phi) is 4.04. The summed E-state index contributed by atoms with van der Waals surface area (Å²) in [5, 5.41) is 0. The molecule has 0 spiro atoms. The van der Waals surface area contributed by atoms with E-state index in [2.05, 4.69) is 21.3 Å². The summed E-state index contributed by atoms with van der Waals surface area (Å²) in [6.45, 7) is -1.59. The Labute approximate surface area is 50.9 Å². The van der Waals surface area contributed by atoms with E-state index in [1.807, 2.05) is 0 Å². The second-order valence-corrected chi connectivity index (χ2v) is 2.52. The van der Waals surface area contributed by atoms with Gasteiger partial charge in [-0.05, 0) is 0 Å². The third-order valence-electron chi connectivity index (χ3n) is 0.253. The van der Waals surface area contributed by atoms with Crippen molar-refractivity contribution in [3.05, 3.63) is 0 Å². The highest BCUT2D eigenvalue weighted by atomic mass is 32.4. The maximum Gasteiger partial charge on any atom is 0.494 e. The highest BCUT2D eigenvalue weighted by Crippen LogP contribution is 2.20. The molecular formula is C2N2O2PS+. The summed E-state index contributed by atoms with van der Waals surface area (Å²) >= 11 is 4.34. The maximum absolute atomic E-state index is 9.36. The molecule has 8 heavy (non-hydrogen) atoms. The number of hydrogen-bond acceptors (Lipinski definition) is 3. The first-order valence-corrected chi connectivity index (χ1v) is 3.70. The summed E-state index contributed by atoms with van der Waals surface area (Å²) in [7, 11) is 0. The normalized spacial score (nSPS) is 8.25. The van der Waals surface area contributed by atoms with Gasteiger partial charge in [-0.3, -0.25) is 0 Å². The molecular weight excluding hydrogens is 147 g/mol. The highest BCUT2D eigenvalue weighted by Gasteiger charge is 2.01. The Morgan fingerprint density at radius 3 is 1.88 bits per heavy atom. The van der Waals surface area contributed by atoms with Crippen molar-refractivity contribution in [1.29, 1.82) is 0 Å². The van der Waals surface area contributed by atoms with Gasteiger partial charge in [0.25, 0.3) is 12.2 Å². The molecule has 40 valence electrons. The molecule has 6 heteroatoms. The Balaban J connectivity index is 4.04. The lowest BCUT2D eigenvalue weighted by atomic mass is 11.7. The zero-order valence-electron chi connectivity index (χ0n) is 3.57. The van der Waals surface area contributed by atoms with Gasteiger partial charge in [-0.1, -0.05) is 0 Å². The van der Waals surface area contributed by atoms with Gasteiger partial charge in [0.15, 0.2) is 0 Å². The van der Waals surface area contributed by atoms with Crippen molar-refractivity contribution in [3.8, 4) is 0 Å². The fraction of sp³-hybridized carbons (Fsp3) is 0. The second kappa shape index (κ2) is 4.44. The average Bonchev–Trinajstić information content (AvgIpc) is 1.68. The first kappa shape index (κ1) is 7.28. The van der Waals surface area contributed by atoms with E-state index in [1.54, 1.807) is 0 Å². The Bertz CT molecular complexity index is 170. The van der Waals surface area contributed by atoms with E-state index in [1.165, 1.54) is 12.2 Å². The number of nitrogens with zero attached hydrogens (tertiary/aromatic N) is 2. The number of carbonyl (C=O) groups excluding carboxylic acids is 2. The van der Waals surface area contributed by atoms with Gasteiger partial charge < -0.3 is 0 Å². The molecule has 0 bridgehead atoms. The van der Waals surface area contributed by atoms with Crippen LogP contribution in [-0.4, -0.2) is 12.2 Å². The van der Waals surface area contributed by atoms with Gasteiger partial charge in [0.1, 0.15) is 0 Å². The van der Waals surface area contributed by atoms with Gasteiger partial charge in [-0.2, -0.15) is 0 Å². The van der Waals surface area contributed by atoms with Crippen LogP contribution in [0.25, 0.3) is 0 Å². The minimum Gasteiger partial charge on any atom is -0.207 e. The van der Waals surface area contributed by atoms with Gasteiger partial charge in [-0.15, -0.1) is 0 Å². The predicted molar refractivity (Wildman–Crippen MR) is 30.5 cm³/mol. The van der Waals surface area contributed by atoms with E-state index >= 15 is 0 Å². The molecule has 0 radical (unpaired) electrons. The molecule has 0 saturated heterocycles. The van der Waals surface area contributed by atoms with Crippen molar-refractivity contribution < 1.29 is 9.59 Å². The fourth-order valence-electron chi connectivity index (χ4n) is 0.0922. The van der Waals surface area contributed by atoms with Crippen LogP contribution in [0.15, 0.2) is 9.53 Å². The van der Waals surface area contributed by atoms with E-state index < -0.39 is 7.00 Å². The van der Waals surface area contributed by atoms with Crippen LogP contribution in [0.4, 0.5) is 0 Å². The predicted octanol–water partition coefficient (Wildman–Crippen LogP) is 0.432. The topological polar surface area (TPSA) is 58.9 Å². The number of hydrogen-bond donors (Lipinski definition) is 0. The Morgan fingerprint density at radius 2 is 1.62 bits per heavy atom. The summed E-state index contributed by atoms with van der Waals surface area (Å²) < 4.78 is 5.92. The van der Waals surface area contributed by atoms with Crippen LogP contribution in [0.2, 0.25) is 0 Å². The summed E-state index contributed by atoms with van der Waals surface area (Å²) in [5.41, 5.74) is 0. The molecule has 0 saturated carbocycles. The van der Waals surface area contributed by atoms with Crippen LogP contribution in [0, 0.1) is 0 Å². The van der Waals surface area contributed by atoms with Crippen LogP contribution in [0.1, 0.15) is 0 Å². The van der Waals surface area contributed by atoms with Gasteiger partial charge in [-0.25, -0.2) is 9.59 Å². The van der Waals surface area contributed by atoms with Crippen LogP contribution in [0.5, 0.6) is 0 Å². The lowest BCUT2D eigenvalue weighted by Crippen LogP contribution is -1.45. The zero-order chi connectivity index (χ0) is 6.41. The Morgan fingerprint density at radius 1 is 1.25 bits per heavy atom.